The molecule has 0 radical (unpaired) electrons. The van der Waals surface area contributed by atoms with Crippen molar-refractivity contribution >= 4 is 40.4 Å². The molecule has 0 saturated carbocycles. The summed E-state index contributed by atoms with van der Waals surface area (Å²) in [7, 11) is 0. The predicted molar refractivity (Wildman–Crippen MR) is 116 cm³/mol. The van der Waals surface area contributed by atoms with Crippen molar-refractivity contribution in [3.8, 4) is 0 Å². The number of piperazine rings is 2. The molecule has 28 heavy (non-hydrogen) atoms. The average molecular weight is 419 g/mol. The van der Waals surface area contributed by atoms with E-state index in [1.807, 2.05) is 48.5 Å². The molecular formula is C21H24Cl2N4O. The Morgan fingerprint density at radius 1 is 0.821 bits per heavy atom. The van der Waals surface area contributed by atoms with Gasteiger partial charge >= 0.3 is 0 Å². The van der Waals surface area contributed by atoms with Crippen LogP contribution in [0, 0.1) is 0 Å². The normalized spacial score (nSPS) is 22.9. The topological polar surface area (TPSA) is 47.6 Å². The lowest BCUT2D eigenvalue weighted by Crippen LogP contribution is -2.63. The lowest BCUT2D eigenvalue weighted by molar-refractivity contribution is -0.122. The molecule has 7 heteroatoms. The van der Waals surface area contributed by atoms with Gasteiger partial charge in [-0.25, -0.2) is 0 Å². The number of ketones is 1. The van der Waals surface area contributed by atoms with Crippen molar-refractivity contribution in [2.45, 2.75) is 12.1 Å². The third kappa shape index (κ3) is 4.13. The Morgan fingerprint density at radius 3 is 1.71 bits per heavy atom. The zero-order valence-electron chi connectivity index (χ0n) is 15.6. The van der Waals surface area contributed by atoms with Gasteiger partial charge < -0.3 is 20.4 Å². The molecule has 2 aliphatic rings. The number of benzene rings is 2. The van der Waals surface area contributed by atoms with Gasteiger partial charge in [0.25, 0.3) is 0 Å². The highest BCUT2D eigenvalue weighted by Crippen LogP contribution is 2.26. The molecule has 0 bridgehead atoms. The molecule has 2 aromatic carbocycles. The number of carbonyl (C=O) groups is 1. The number of nitrogens with zero attached hydrogens (tertiary/aromatic N) is 2. The van der Waals surface area contributed by atoms with Gasteiger partial charge in [-0.05, 0) is 36.4 Å². The third-order valence-corrected chi connectivity index (χ3v) is 5.89. The largest absolute Gasteiger partial charge is 0.359 e. The minimum atomic E-state index is -0.237. The highest BCUT2D eigenvalue weighted by atomic mass is 35.5. The first-order valence-corrected chi connectivity index (χ1v) is 10.4. The number of halogens is 2. The van der Waals surface area contributed by atoms with Crippen LogP contribution < -0.4 is 20.4 Å². The SMILES string of the molecule is O=C(C1CNCCN1c1cccc(Cl)c1)C1CNCCN1c1cccc(Cl)c1. The summed E-state index contributed by atoms with van der Waals surface area (Å²) in [6, 6.07) is 15.0. The van der Waals surface area contributed by atoms with Crippen LogP contribution in [-0.2, 0) is 4.79 Å². The van der Waals surface area contributed by atoms with Gasteiger partial charge in [-0.1, -0.05) is 35.3 Å². The molecule has 2 aromatic rings. The fourth-order valence-electron chi connectivity index (χ4n) is 4.07. The summed E-state index contributed by atoms with van der Waals surface area (Å²) >= 11 is 12.4. The van der Waals surface area contributed by atoms with E-state index in [1.165, 1.54) is 0 Å². The molecule has 2 saturated heterocycles. The zero-order chi connectivity index (χ0) is 19.5. The van der Waals surface area contributed by atoms with Crippen molar-refractivity contribution in [1.82, 2.24) is 10.6 Å². The second kappa shape index (κ2) is 8.70. The van der Waals surface area contributed by atoms with Crippen molar-refractivity contribution in [3.63, 3.8) is 0 Å². The second-order valence-electron chi connectivity index (χ2n) is 7.19. The van der Waals surface area contributed by atoms with Gasteiger partial charge in [0.15, 0.2) is 5.78 Å². The summed E-state index contributed by atoms with van der Waals surface area (Å²) in [4.78, 5) is 18.0. The van der Waals surface area contributed by atoms with Crippen LogP contribution in [0.15, 0.2) is 48.5 Å². The number of carbonyl (C=O) groups excluding carboxylic acids is 1. The standard InChI is InChI=1S/C21H24Cl2N4O/c22-15-3-1-5-17(11-15)26-9-7-24-13-19(26)21(28)20-14-25-8-10-27(20)18-6-2-4-16(23)12-18/h1-6,11-12,19-20,24-25H,7-10,13-14H2. The Labute approximate surface area is 175 Å². The monoisotopic (exact) mass is 418 g/mol. The lowest BCUT2D eigenvalue weighted by atomic mass is 9.97. The summed E-state index contributed by atoms with van der Waals surface area (Å²) in [5.74, 6) is 0.208. The molecule has 0 aliphatic carbocycles. The first-order valence-electron chi connectivity index (χ1n) is 9.63. The van der Waals surface area contributed by atoms with Crippen molar-refractivity contribution in [3.05, 3.63) is 58.6 Å². The van der Waals surface area contributed by atoms with Crippen molar-refractivity contribution in [1.29, 1.82) is 0 Å². The van der Waals surface area contributed by atoms with E-state index >= 15 is 0 Å². The van der Waals surface area contributed by atoms with Crippen LogP contribution in [0.5, 0.6) is 0 Å². The molecule has 148 valence electrons. The van der Waals surface area contributed by atoms with Gasteiger partial charge in [-0.2, -0.15) is 0 Å². The summed E-state index contributed by atoms with van der Waals surface area (Å²) in [6.45, 7) is 4.49. The highest BCUT2D eigenvalue weighted by molar-refractivity contribution is 6.31. The van der Waals surface area contributed by atoms with E-state index in [1.54, 1.807) is 0 Å². The maximum atomic E-state index is 13.7. The summed E-state index contributed by atoms with van der Waals surface area (Å²) in [5, 5.41) is 8.12. The zero-order valence-corrected chi connectivity index (χ0v) is 17.1. The fourth-order valence-corrected chi connectivity index (χ4v) is 4.44. The Morgan fingerprint density at radius 2 is 1.29 bits per heavy atom. The van der Waals surface area contributed by atoms with E-state index in [0.717, 1.165) is 37.6 Å². The Bertz CT molecular complexity index is 779. The Balaban J connectivity index is 1.61. The van der Waals surface area contributed by atoms with Crippen LogP contribution in [0.4, 0.5) is 11.4 Å². The van der Waals surface area contributed by atoms with E-state index in [2.05, 4.69) is 20.4 Å². The second-order valence-corrected chi connectivity index (χ2v) is 8.06. The molecule has 2 N–H and O–H groups in total. The predicted octanol–water partition coefficient (Wildman–Crippen LogP) is 2.82. The average Bonchev–Trinajstić information content (AvgIpc) is 2.73. The van der Waals surface area contributed by atoms with Gasteiger partial charge in [-0.3, -0.25) is 4.79 Å². The molecule has 0 amide bonds. The Hall–Kier alpha value is -1.79. The molecule has 2 unspecified atom stereocenters. The third-order valence-electron chi connectivity index (χ3n) is 5.42. The number of hydrogen-bond acceptors (Lipinski definition) is 5. The van der Waals surface area contributed by atoms with E-state index in [9.17, 15) is 4.79 Å². The van der Waals surface area contributed by atoms with E-state index < -0.39 is 0 Å². The van der Waals surface area contributed by atoms with Gasteiger partial charge in [0.1, 0.15) is 12.1 Å². The number of nitrogens with one attached hydrogen (secondary N) is 2. The van der Waals surface area contributed by atoms with Crippen LogP contribution in [0.3, 0.4) is 0 Å². The van der Waals surface area contributed by atoms with Gasteiger partial charge in [0.2, 0.25) is 0 Å². The number of Topliss-reactive ketones (excluding diaryl/α,β-unsaturated/α-hetero) is 1. The molecule has 5 nitrogen and oxygen atoms in total. The van der Waals surface area contributed by atoms with E-state index in [4.69, 9.17) is 23.2 Å². The van der Waals surface area contributed by atoms with E-state index in [-0.39, 0.29) is 17.9 Å². The molecule has 2 heterocycles. The molecule has 4 rings (SSSR count). The molecule has 0 aromatic heterocycles. The van der Waals surface area contributed by atoms with Crippen molar-refractivity contribution in [2.75, 3.05) is 49.1 Å². The maximum Gasteiger partial charge on any atom is 0.180 e. The summed E-state index contributed by atoms with van der Waals surface area (Å²) in [6.07, 6.45) is 0. The summed E-state index contributed by atoms with van der Waals surface area (Å²) in [5.41, 5.74) is 1.98. The molecular weight excluding hydrogens is 395 g/mol. The van der Waals surface area contributed by atoms with Crippen LogP contribution in [0.1, 0.15) is 0 Å². The molecule has 2 atom stereocenters. The minimum absolute atomic E-state index is 0.208. The van der Waals surface area contributed by atoms with Crippen LogP contribution in [-0.4, -0.2) is 57.1 Å². The summed E-state index contributed by atoms with van der Waals surface area (Å²) < 4.78 is 0. The first kappa shape index (κ1) is 19.5. The quantitative estimate of drug-likeness (QED) is 0.799. The van der Waals surface area contributed by atoms with Crippen LogP contribution in [0.2, 0.25) is 10.0 Å². The molecule has 2 aliphatic heterocycles. The van der Waals surface area contributed by atoms with Crippen molar-refractivity contribution in [2.24, 2.45) is 0 Å². The van der Waals surface area contributed by atoms with Crippen LogP contribution in [0.25, 0.3) is 0 Å². The van der Waals surface area contributed by atoms with Gasteiger partial charge in [-0.15, -0.1) is 0 Å². The number of hydrogen-bond donors (Lipinski definition) is 2. The smallest absolute Gasteiger partial charge is 0.180 e. The first-order chi connectivity index (χ1) is 13.6. The maximum absolute atomic E-state index is 13.7. The van der Waals surface area contributed by atoms with Crippen molar-refractivity contribution < 1.29 is 4.79 Å². The van der Waals surface area contributed by atoms with E-state index in [0.29, 0.717) is 23.1 Å². The molecule has 0 spiro atoms. The van der Waals surface area contributed by atoms with Gasteiger partial charge in [0, 0.05) is 60.7 Å². The van der Waals surface area contributed by atoms with Gasteiger partial charge in [0.05, 0.1) is 0 Å². The highest BCUT2D eigenvalue weighted by Gasteiger charge is 2.37. The molecule has 2 fully saturated rings. The number of anilines is 2. The van der Waals surface area contributed by atoms with Crippen LogP contribution >= 0.6 is 23.2 Å². The fraction of sp³-hybridized carbons (Fsp3) is 0.381. The lowest BCUT2D eigenvalue weighted by Gasteiger charge is -2.43. The minimum Gasteiger partial charge on any atom is -0.359 e. The Kier molecular flexibility index (Phi) is 6.07. The number of rotatable bonds is 4.